The van der Waals surface area contributed by atoms with Gasteiger partial charge in [0.15, 0.2) is 0 Å². The van der Waals surface area contributed by atoms with Crippen LogP contribution < -0.4 is 10.2 Å². The highest BCUT2D eigenvalue weighted by molar-refractivity contribution is 5.90. The molecule has 1 saturated heterocycles. The zero-order chi connectivity index (χ0) is 15.4. The Balaban J connectivity index is 2.29. The van der Waals surface area contributed by atoms with E-state index in [4.69, 9.17) is 4.74 Å². The quantitative estimate of drug-likeness (QED) is 0.773. The second-order valence-electron chi connectivity index (χ2n) is 5.04. The number of hydrogen-bond acceptors (Lipinski definition) is 6. The summed E-state index contributed by atoms with van der Waals surface area (Å²) in [6, 6.07) is 2.93. The van der Waals surface area contributed by atoms with Crippen LogP contribution in [-0.4, -0.2) is 68.6 Å². The minimum atomic E-state index is -0.413. The first-order chi connectivity index (χ1) is 10.0. The molecule has 1 unspecified atom stereocenters. The fourth-order valence-corrected chi connectivity index (χ4v) is 2.32. The molecule has 0 radical (unpaired) electrons. The Bertz CT molecular complexity index is 533. The molecule has 1 fully saturated rings. The summed E-state index contributed by atoms with van der Waals surface area (Å²) in [5, 5.41) is 3.21. The van der Waals surface area contributed by atoms with Crippen molar-refractivity contribution in [1.82, 2.24) is 15.2 Å². The molecule has 1 aromatic rings. The maximum Gasteiger partial charge on any atom is 0.338 e. The summed E-state index contributed by atoms with van der Waals surface area (Å²) < 4.78 is 4.72. The third kappa shape index (κ3) is 3.30. The van der Waals surface area contributed by atoms with Crippen molar-refractivity contribution in [1.29, 1.82) is 0 Å². The average Bonchev–Trinajstić information content (AvgIpc) is 2.53. The van der Waals surface area contributed by atoms with Gasteiger partial charge < -0.3 is 19.9 Å². The first kappa shape index (κ1) is 15.2. The van der Waals surface area contributed by atoms with E-state index < -0.39 is 5.97 Å². The van der Waals surface area contributed by atoms with Crippen molar-refractivity contribution < 1.29 is 14.3 Å². The fourth-order valence-electron chi connectivity index (χ4n) is 2.32. The van der Waals surface area contributed by atoms with E-state index in [0.717, 1.165) is 6.54 Å². The van der Waals surface area contributed by atoms with Gasteiger partial charge in [0, 0.05) is 39.9 Å². The number of carbonyl (C=O) groups excluding carboxylic acids is 2. The van der Waals surface area contributed by atoms with Gasteiger partial charge in [-0.05, 0) is 12.1 Å². The summed E-state index contributed by atoms with van der Waals surface area (Å²) in [6.07, 6.45) is 1.56. The third-order valence-electron chi connectivity index (χ3n) is 3.43. The molecule has 7 heteroatoms. The lowest BCUT2D eigenvalue weighted by molar-refractivity contribution is -0.130. The molecular weight excluding hydrogens is 272 g/mol. The second-order valence-corrected chi connectivity index (χ2v) is 5.04. The van der Waals surface area contributed by atoms with E-state index >= 15 is 0 Å². The third-order valence-corrected chi connectivity index (χ3v) is 3.43. The minimum absolute atomic E-state index is 0.00692. The predicted molar refractivity (Wildman–Crippen MR) is 78.3 cm³/mol. The highest BCUT2D eigenvalue weighted by atomic mass is 16.5. The van der Waals surface area contributed by atoms with Crippen molar-refractivity contribution in [3.05, 3.63) is 23.9 Å². The zero-order valence-electron chi connectivity index (χ0n) is 12.5. The van der Waals surface area contributed by atoms with Crippen LogP contribution in [0.5, 0.6) is 0 Å². The van der Waals surface area contributed by atoms with E-state index in [9.17, 15) is 9.59 Å². The number of aromatic nitrogens is 1. The van der Waals surface area contributed by atoms with E-state index in [0.29, 0.717) is 24.5 Å². The summed E-state index contributed by atoms with van der Waals surface area (Å²) in [7, 11) is 4.80. The van der Waals surface area contributed by atoms with Gasteiger partial charge >= 0.3 is 5.97 Å². The molecule has 2 heterocycles. The first-order valence-electron chi connectivity index (χ1n) is 6.77. The Morgan fingerprint density at radius 3 is 2.90 bits per heavy atom. The van der Waals surface area contributed by atoms with Gasteiger partial charge in [0.05, 0.1) is 12.7 Å². The van der Waals surface area contributed by atoms with Gasteiger partial charge in [-0.2, -0.15) is 0 Å². The number of ether oxygens (including phenoxy) is 1. The summed E-state index contributed by atoms with van der Waals surface area (Å²) in [4.78, 5) is 31.7. The smallest absolute Gasteiger partial charge is 0.338 e. The van der Waals surface area contributed by atoms with E-state index in [1.807, 2.05) is 4.90 Å². The standard InChI is InChI=1S/C14H20N4O3/c1-17(2)13(19)11-9-15-6-7-18(11)12-8-10(4-5-16-12)14(20)21-3/h4-5,8,11,15H,6-7,9H2,1-3H3. The van der Waals surface area contributed by atoms with Crippen LogP contribution in [0.25, 0.3) is 0 Å². The summed E-state index contributed by atoms with van der Waals surface area (Å²) in [6.45, 7) is 1.98. The molecule has 21 heavy (non-hydrogen) atoms. The monoisotopic (exact) mass is 292 g/mol. The maximum absolute atomic E-state index is 12.3. The highest BCUT2D eigenvalue weighted by Gasteiger charge is 2.30. The van der Waals surface area contributed by atoms with Crippen LogP contribution in [0.4, 0.5) is 5.82 Å². The number of pyridine rings is 1. The molecule has 1 N–H and O–H groups in total. The second kappa shape index (κ2) is 6.53. The molecule has 114 valence electrons. The largest absolute Gasteiger partial charge is 0.465 e. The number of anilines is 1. The van der Waals surface area contributed by atoms with Gasteiger partial charge in [0.2, 0.25) is 5.91 Å². The molecule has 0 bridgehead atoms. The summed E-state index contributed by atoms with van der Waals surface area (Å²) in [5.41, 5.74) is 0.428. The molecular formula is C14H20N4O3. The zero-order valence-corrected chi connectivity index (χ0v) is 12.5. The number of carbonyl (C=O) groups is 2. The summed E-state index contributed by atoms with van der Waals surface area (Å²) >= 11 is 0. The topological polar surface area (TPSA) is 74.8 Å². The lowest BCUT2D eigenvalue weighted by Gasteiger charge is -2.37. The van der Waals surface area contributed by atoms with Gasteiger partial charge in [0.25, 0.3) is 0 Å². The van der Waals surface area contributed by atoms with Crippen LogP contribution in [0.15, 0.2) is 18.3 Å². The predicted octanol–water partition coefficient (Wildman–Crippen LogP) is -0.265. The lowest BCUT2D eigenvalue weighted by atomic mass is 10.1. The Kier molecular flexibility index (Phi) is 4.74. The SMILES string of the molecule is COC(=O)c1ccnc(N2CCNCC2C(=O)N(C)C)c1. The van der Waals surface area contributed by atoms with Crippen LogP contribution in [0.1, 0.15) is 10.4 Å². The number of hydrogen-bond donors (Lipinski definition) is 1. The Morgan fingerprint density at radius 2 is 2.24 bits per heavy atom. The van der Waals surface area contributed by atoms with Gasteiger partial charge in [-0.25, -0.2) is 9.78 Å². The molecule has 0 aliphatic carbocycles. The molecule has 0 aromatic carbocycles. The number of nitrogens with zero attached hydrogens (tertiary/aromatic N) is 3. The molecule has 2 rings (SSSR count). The molecule has 1 amide bonds. The molecule has 0 spiro atoms. The van der Waals surface area contributed by atoms with Crippen LogP contribution in [0.2, 0.25) is 0 Å². The Hall–Kier alpha value is -2.15. The number of methoxy groups -OCH3 is 1. The van der Waals surface area contributed by atoms with Crippen LogP contribution in [0, 0.1) is 0 Å². The molecule has 7 nitrogen and oxygen atoms in total. The van der Waals surface area contributed by atoms with E-state index in [-0.39, 0.29) is 11.9 Å². The first-order valence-corrected chi connectivity index (χ1v) is 6.77. The van der Waals surface area contributed by atoms with Gasteiger partial charge in [-0.3, -0.25) is 4.79 Å². The van der Waals surface area contributed by atoms with Gasteiger partial charge in [-0.15, -0.1) is 0 Å². The minimum Gasteiger partial charge on any atom is -0.465 e. The molecule has 1 aliphatic rings. The van der Waals surface area contributed by atoms with Crippen LogP contribution in [-0.2, 0) is 9.53 Å². The summed E-state index contributed by atoms with van der Waals surface area (Å²) in [5.74, 6) is 0.205. The Labute approximate surface area is 123 Å². The van der Waals surface area contributed by atoms with Crippen molar-refractivity contribution in [3.63, 3.8) is 0 Å². The van der Waals surface area contributed by atoms with Crippen LogP contribution >= 0.6 is 0 Å². The lowest BCUT2D eigenvalue weighted by Crippen LogP contribution is -2.58. The van der Waals surface area contributed by atoms with Crippen molar-refractivity contribution in [2.24, 2.45) is 0 Å². The van der Waals surface area contributed by atoms with Gasteiger partial charge in [0.1, 0.15) is 11.9 Å². The molecule has 1 aliphatic heterocycles. The van der Waals surface area contributed by atoms with E-state index in [1.165, 1.54) is 7.11 Å². The number of rotatable bonds is 3. The van der Waals surface area contributed by atoms with E-state index in [1.54, 1.807) is 37.3 Å². The van der Waals surface area contributed by atoms with Crippen molar-refractivity contribution in [2.45, 2.75) is 6.04 Å². The van der Waals surface area contributed by atoms with Crippen LogP contribution in [0.3, 0.4) is 0 Å². The van der Waals surface area contributed by atoms with Crippen molar-refractivity contribution in [2.75, 3.05) is 45.7 Å². The van der Waals surface area contributed by atoms with Crippen molar-refractivity contribution in [3.8, 4) is 0 Å². The van der Waals surface area contributed by atoms with Gasteiger partial charge in [-0.1, -0.05) is 0 Å². The number of piperazine rings is 1. The molecule has 1 aromatic heterocycles. The molecule has 1 atom stereocenters. The number of amides is 1. The average molecular weight is 292 g/mol. The van der Waals surface area contributed by atoms with E-state index in [2.05, 4.69) is 10.3 Å². The number of esters is 1. The van der Waals surface area contributed by atoms with Crippen molar-refractivity contribution >= 4 is 17.7 Å². The normalized spacial score (nSPS) is 18.2. The fraction of sp³-hybridized carbons (Fsp3) is 0.500. The highest BCUT2D eigenvalue weighted by Crippen LogP contribution is 2.18. The molecule has 0 saturated carbocycles. The maximum atomic E-state index is 12.3. The number of likely N-dealkylation sites (N-methyl/N-ethyl adjacent to an activating group) is 1. The number of nitrogens with one attached hydrogen (secondary N) is 1. The Morgan fingerprint density at radius 1 is 1.48 bits per heavy atom.